The Kier molecular flexibility index (Phi) is 5.96. The van der Waals surface area contributed by atoms with Gasteiger partial charge in [0, 0.05) is 29.8 Å². The summed E-state index contributed by atoms with van der Waals surface area (Å²) in [4.78, 5) is 26.0. The molecule has 1 heterocycles. The van der Waals surface area contributed by atoms with Crippen LogP contribution in [0.1, 0.15) is 5.56 Å². The van der Waals surface area contributed by atoms with Gasteiger partial charge >= 0.3 is 5.63 Å². The van der Waals surface area contributed by atoms with Crippen molar-refractivity contribution in [3.8, 4) is 11.5 Å². The largest absolute Gasteiger partial charge is 0.497 e. The first-order valence-corrected chi connectivity index (χ1v) is 8.71. The Morgan fingerprint density at radius 2 is 1.71 bits per heavy atom. The fourth-order valence-electron chi connectivity index (χ4n) is 2.93. The molecule has 0 aliphatic heterocycles. The molecule has 0 saturated heterocycles. The summed E-state index contributed by atoms with van der Waals surface area (Å²) in [5.74, 6) is 1.18. The van der Waals surface area contributed by atoms with E-state index in [2.05, 4.69) is 5.32 Å². The first-order valence-electron chi connectivity index (χ1n) is 8.71. The molecule has 0 radical (unpaired) electrons. The van der Waals surface area contributed by atoms with E-state index in [1.54, 1.807) is 44.6 Å². The lowest BCUT2D eigenvalue weighted by Crippen LogP contribution is -2.30. The van der Waals surface area contributed by atoms with Gasteiger partial charge in [-0.3, -0.25) is 9.69 Å². The zero-order valence-corrected chi connectivity index (χ0v) is 16.0. The van der Waals surface area contributed by atoms with Crippen molar-refractivity contribution in [2.45, 2.75) is 6.54 Å². The molecule has 7 nitrogen and oxygen atoms in total. The Bertz CT molecular complexity index is 1030. The van der Waals surface area contributed by atoms with Gasteiger partial charge in [-0.2, -0.15) is 0 Å². The number of hydrogen-bond acceptors (Lipinski definition) is 6. The summed E-state index contributed by atoms with van der Waals surface area (Å²) in [6.45, 7) is 0.592. The molecule has 0 aliphatic carbocycles. The molecule has 7 heteroatoms. The summed E-state index contributed by atoms with van der Waals surface area (Å²) in [7, 11) is 4.96. The van der Waals surface area contributed by atoms with E-state index in [1.165, 1.54) is 6.07 Å². The lowest BCUT2D eigenvalue weighted by molar-refractivity contribution is -0.117. The highest BCUT2D eigenvalue weighted by atomic mass is 16.5. The van der Waals surface area contributed by atoms with E-state index in [4.69, 9.17) is 13.9 Å². The molecule has 0 aliphatic rings. The van der Waals surface area contributed by atoms with Crippen LogP contribution in [0.5, 0.6) is 11.5 Å². The second-order valence-electron chi connectivity index (χ2n) is 6.40. The van der Waals surface area contributed by atoms with Gasteiger partial charge in [0.25, 0.3) is 0 Å². The normalized spacial score (nSPS) is 10.9. The number of hydrogen-bond donors (Lipinski definition) is 1. The van der Waals surface area contributed by atoms with E-state index in [0.717, 1.165) is 16.7 Å². The molecular formula is C21H22N2O5. The van der Waals surface area contributed by atoms with Gasteiger partial charge in [0.2, 0.25) is 5.91 Å². The molecule has 3 aromatic rings. The highest BCUT2D eigenvalue weighted by molar-refractivity contribution is 5.92. The molecule has 1 N–H and O–H groups in total. The molecular weight excluding hydrogens is 360 g/mol. The van der Waals surface area contributed by atoms with Gasteiger partial charge in [-0.15, -0.1) is 0 Å². The number of benzene rings is 2. The third-order valence-electron chi connectivity index (χ3n) is 4.26. The number of rotatable bonds is 7. The van der Waals surface area contributed by atoms with Crippen molar-refractivity contribution in [3.63, 3.8) is 0 Å². The summed E-state index contributed by atoms with van der Waals surface area (Å²) in [5, 5.41) is 3.65. The number of ether oxygens (including phenoxy) is 2. The fourth-order valence-corrected chi connectivity index (χ4v) is 2.93. The summed E-state index contributed by atoms with van der Waals surface area (Å²) >= 11 is 0. The molecule has 3 rings (SSSR count). The predicted molar refractivity (Wildman–Crippen MR) is 107 cm³/mol. The van der Waals surface area contributed by atoms with Crippen LogP contribution in [0.3, 0.4) is 0 Å². The molecule has 0 fully saturated rings. The fraction of sp³-hybridized carbons (Fsp3) is 0.238. The third kappa shape index (κ3) is 4.69. The molecule has 2 aromatic carbocycles. The summed E-state index contributed by atoms with van der Waals surface area (Å²) in [6, 6.07) is 13.9. The van der Waals surface area contributed by atoms with Crippen LogP contribution in [0.2, 0.25) is 0 Å². The van der Waals surface area contributed by atoms with Crippen molar-refractivity contribution in [2.24, 2.45) is 0 Å². The van der Waals surface area contributed by atoms with Crippen LogP contribution < -0.4 is 20.4 Å². The minimum atomic E-state index is -0.438. The molecule has 1 amide bonds. The monoisotopic (exact) mass is 382 g/mol. The Hall–Kier alpha value is -3.32. The van der Waals surface area contributed by atoms with Crippen molar-refractivity contribution in [1.29, 1.82) is 0 Å². The van der Waals surface area contributed by atoms with Crippen LogP contribution in [0.4, 0.5) is 5.69 Å². The predicted octanol–water partition coefficient (Wildman–Crippen LogP) is 2.88. The molecule has 28 heavy (non-hydrogen) atoms. The van der Waals surface area contributed by atoms with Crippen LogP contribution >= 0.6 is 0 Å². The molecule has 0 spiro atoms. The first kappa shape index (κ1) is 19.4. The van der Waals surface area contributed by atoms with E-state index >= 15 is 0 Å². The van der Waals surface area contributed by atoms with Crippen LogP contribution in [0.25, 0.3) is 11.0 Å². The first-order chi connectivity index (χ1) is 13.5. The van der Waals surface area contributed by atoms with Crippen LogP contribution in [0, 0.1) is 0 Å². The van der Waals surface area contributed by atoms with Crippen molar-refractivity contribution >= 4 is 22.6 Å². The average molecular weight is 382 g/mol. The Labute approximate surface area is 162 Å². The zero-order valence-electron chi connectivity index (χ0n) is 16.0. The number of amides is 1. The maximum atomic E-state index is 12.3. The number of likely N-dealkylation sites (N-methyl/N-ethyl adjacent to an activating group) is 1. The van der Waals surface area contributed by atoms with Crippen molar-refractivity contribution < 1.29 is 18.7 Å². The highest BCUT2D eigenvalue weighted by Crippen LogP contribution is 2.23. The van der Waals surface area contributed by atoms with Gasteiger partial charge in [0.15, 0.2) is 0 Å². The lowest BCUT2D eigenvalue weighted by Gasteiger charge is -2.17. The highest BCUT2D eigenvalue weighted by Gasteiger charge is 2.12. The Morgan fingerprint density at radius 3 is 2.39 bits per heavy atom. The molecule has 0 unspecified atom stereocenters. The van der Waals surface area contributed by atoms with E-state index in [9.17, 15) is 9.59 Å². The lowest BCUT2D eigenvalue weighted by atomic mass is 10.1. The minimum Gasteiger partial charge on any atom is -0.497 e. The maximum Gasteiger partial charge on any atom is 0.336 e. The summed E-state index contributed by atoms with van der Waals surface area (Å²) in [5.41, 5.74) is 1.50. The smallest absolute Gasteiger partial charge is 0.336 e. The Morgan fingerprint density at radius 1 is 1.04 bits per heavy atom. The number of nitrogens with one attached hydrogen (secondary N) is 1. The average Bonchev–Trinajstić information content (AvgIpc) is 2.67. The number of methoxy groups -OCH3 is 2. The van der Waals surface area contributed by atoms with E-state index in [-0.39, 0.29) is 12.5 Å². The van der Waals surface area contributed by atoms with Gasteiger partial charge in [-0.05, 0) is 49.0 Å². The van der Waals surface area contributed by atoms with Crippen molar-refractivity contribution in [3.05, 3.63) is 64.5 Å². The van der Waals surface area contributed by atoms with Gasteiger partial charge in [-0.1, -0.05) is 0 Å². The van der Waals surface area contributed by atoms with Crippen molar-refractivity contribution in [1.82, 2.24) is 4.90 Å². The van der Waals surface area contributed by atoms with Gasteiger partial charge in [0.05, 0.1) is 20.8 Å². The summed E-state index contributed by atoms with van der Waals surface area (Å²) in [6.07, 6.45) is 0. The Balaban J connectivity index is 1.69. The van der Waals surface area contributed by atoms with Gasteiger partial charge in [-0.25, -0.2) is 4.79 Å². The van der Waals surface area contributed by atoms with E-state index in [0.29, 0.717) is 23.6 Å². The van der Waals surface area contributed by atoms with E-state index < -0.39 is 5.63 Å². The standard InChI is InChI=1S/C21H22N2O5/c1-23(13-20(24)22-15-4-6-16(26-2)7-5-15)12-14-10-21(25)28-19-11-17(27-3)8-9-18(14)19/h4-11H,12-13H2,1-3H3,(H,22,24). The van der Waals surface area contributed by atoms with E-state index in [1.807, 2.05) is 24.1 Å². The topological polar surface area (TPSA) is 81.0 Å². The number of fused-ring (bicyclic) bond motifs is 1. The quantitative estimate of drug-likeness (QED) is 0.633. The minimum absolute atomic E-state index is 0.151. The second-order valence-corrected chi connectivity index (χ2v) is 6.40. The SMILES string of the molecule is COc1ccc(NC(=O)CN(C)Cc2cc(=O)oc3cc(OC)ccc23)cc1. The number of carbonyl (C=O) groups excluding carboxylic acids is 1. The maximum absolute atomic E-state index is 12.3. The van der Waals surface area contributed by atoms with Crippen LogP contribution in [-0.2, 0) is 11.3 Å². The zero-order chi connectivity index (χ0) is 20.1. The molecule has 146 valence electrons. The van der Waals surface area contributed by atoms with Gasteiger partial charge in [0.1, 0.15) is 17.1 Å². The van der Waals surface area contributed by atoms with Gasteiger partial charge < -0.3 is 19.2 Å². The van der Waals surface area contributed by atoms with Crippen LogP contribution in [-0.4, -0.2) is 38.6 Å². The number of carbonyl (C=O) groups is 1. The number of nitrogens with zero attached hydrogens (tertiary/aromatic N) is 1. The van der Waals surface area contributed by atoms with Crippen molar-refractivity contribution in [2.75, 3.05) is 33.1 Å². The second kappa shape index (κ2) is 8.58. The molecule has 0 atom stereocenters. The number of anilines is 1. The third-order valence-corrected chi connectivity index (χ3v) is 4.26. The summed E-state index contributed by atoms with van der Waals surface area (Å²) < 4.78 is 15.5. The molecule has 0 saturated carbocycles. The molecule has 0 bridgehead atoms. The molecule has 1 aromatic heterocycles. The van der Waals surface area contributed by atoms with Crippen LogP contribution in [0.15, 0.2) is 57.7 Å².